The molecule has 0 bridgehead atoms. The van der Waals surface area contributed by atoms with Gasteiger partial charge in [-0.3, -0.25) is 14.0 Å². The van der Waals surface area contributed by atoms with Crippen LogP contribution in [-0.4, -0.2) is 25.9 Å². The number of nitrogens with zero attached hydrogens (tertiary/aromatic N) is 4. The molecule has 0 saturated heterocycles. The van der Waals surface area contributed by atoms with Gasteiger partial charge in [-0.2, -0.15) is 0 Å². The highest BCUT2D eigenvalue weighted by Gasteiger charge is 2.33. The van der Waals surface area contributed by atoms with E-state index in [0.717, 1.165) is 12.1 Å². The minimum atomic E-state index is -0.167. The molecule has 4 heterocycles. The van der Waals surface area contributed by atoms with E-state index in [4.69, 9.17) is 0 Å². The molecule has 6 nitrogen and oxygen atoms in total. The fourth-order valence-corrected chi connectivity index (χ4v) is 4.02. The van der Waals surface area contributed by atoms with Crippen LogP contribution < -0.4 is 10.5 Å². The molecule has 3 aromatic heterocycles. The summed E-state index contributed by atoms with van der Waals surface area (Å²) in [6.45, 7) is 2.04. The van der Waals surface area contributed by atoms with Gasteiger partial charge in [-0.05, 0) is 43.2 Å². The van der Waals surface area contributed by atoms with Crippen molar-refractivity contribution in [2.45, 2.75) is 19.4 Å². The van der Waals surface area contributed by atoms with Gasteiger partial charge in [-0.15, -0.1) is 0 Å². The lowest BCUT2D eigenvalue weighted by Crippen LogP contribution is -2.36. The molecule has 134 valence electrons. The molecule has 0 radical (unpaired) electrons. The molecule has 1 aliphatic heterocycles. The maximum atomic E-state index is 13.4. The first-order valence-electron chi connectivity index (χ1n) is 8.94. The molecule has 5 rings (SSSR count). The predicted octanol–water partition coefficient (Wildman–Crippen LogP) is 2.78. The Kier molecular flexibility index (Phi) is 3.25. The minimum absolute atomic E-state index is 0.0704. The highest BCUT2D eigenvalue weighted by molar-refractivity contribution is 6.09. The van der Waals surface area contributed by atoms with Gasteiger partial charge in [0, 0.05) is 25.0 Å². The topological polar surface area (TPSA) is 59.6 Å². The molecule has 6 heteroatoms. The summed E-state index contributed by atoms with van der Waals surface area (Å²) in [7, 11) is 1.79. The zero-order valence-corrected chi connectivity index (χ0v) is 15.1. The number of benzene rings is 1. The van der Waals surface area contributed by atoms with Gasteiger partial charge in [0.05, 0.1) is 5.39 Å². The van der Waals surface area contributed by atoms with Gasteiger partial charge in [0.2, 0.25) is 0 Å². The highest BCUT2D eigenvalue weighted by Crippen LogP contribution is 2.33. The largest absolute Gasteiger partial charge is 0.324 e. The Morgan fingerprint density at radius 2 is 1.93 bits per heavy atom. The molecule has 1 aliphatic rings. The SMILES string of the molecule is C[C@H]1Cc2ccccc2N1C(=O)c1cc2c(=O)n3ccccc3nc2n1C. The first-order chi connectivity index (χ1) is 13.1. The molecule has 0 spiro atoms. The van der Waals surface area contributed by atoms with Gasteiger partial charge in [0.1, 0.15) is 17.0 Å². The molecule has 0 unspecified atom stereocenters. The van der Waals surface area contributed by atoms with Crippen LogP contribution in [0.25, 0.3) is 16.7 Å². The number of para-hydroxylation sites is 1. The third-order valence-corrected chi connectivity index (χ3v) is 5.35. The van der Waals surface area contributed by atoms with Crippen molar-refractivity contribution in [3.8, 4) is 0 Å². The standard InChI is InChI=1S/C21H18N4O2/c1-13-11-14-7-3-4-8-16(14)25(13)21(27)17-12-15-19(23(17)2)22-18-9-5-6-10-24(18)20(15)26/h3-10,12-13H,11H2,1-2H3/t13-/m0/s1. The maximum Gasteiger partial charge on any atom is 0.275 e. The third-order valence-electron chi connectivity index (χ3n) is 5.35. The summed E-state index contributed by atoms with van der Waals surface area (Å²) in [6.07, 6.45) is 2.52. The Hall–Kier alpha value is -3.41. The number of aryl methyl sites for hydroxylation is 1. The van der Waals surface area contributed by atoms with Gasteiger partial charge in [-0.25, -0.2) is 4.98 Å². The molecule has 4 aromatic rings. The summed E-state index contributed by atoms with van der Waals surface area (Å²) in [5.74, 6) is -0.110. The summed E-state index contributed by atoms with van der Waals surface area (Å²) in [5.41, 5.74) is 3.50. The maximum absolute atomic E-state index is 13.4. The number of anilines is 1. The molecule has 0 fully saturated rings. The van der Waals surface area contributed by atoms with E-state index in [1.807, 2.05) is 36.1 Å². The van der Waals surface area contributed by atoms with Crippen molar-refractivity contribution in [2.75, 3.05) is 4.90 Å². The third kappa shape index (κ3) is 2.16. The van der Waals surface area contributed by atoms with Crippen LogP contribution in [0.15, 0.2) is 59.5 Å². The Bertz CT molecular complexity index is 1280. The van der Waals surface area contributed by atoms with Gasteiger partial charge in [-0.1, -0.05) is 24.3 Å². The zero-order valence-electron chi connectivity index (χ0n) is 15.1. The number of fused-ring (bicyclic) bond motifs is 3. The number of pyridine rings is 1. The van der Waals surface area contributed by atoms with E-state index in [0.29, 0.717) is 22.4 Å². The molecule has 0 aliphatic carbocycles. The Morgan fingerprint density at radius 3 is 2.78 bits per heavy atom. The monoisotopic (exact) mass is 358 g/mol. The molecular weight excluding hydrogens is 340 g/mol. The molecule has 1 atom stereocenters. The number of carbonyl (C=O) groups excluding carboxylic acids is 1. The van der Waals surface area contributed by atoms with Gasteiger partial charge < -0.3 is 9.47 Å². The van der Waals surface area contributed by atoms with Crippen LogP contribution in [0.2, 0.25) is 0 Å². The van der Waals surface area contributed by atoms with Crippen molar-refractivity contribution >= 4 is 28.3 Å². The smallest absolute Gasteiger partial charge is 0.275 e. The molecule has 27 heavy (non-hydrogen) atoms. The van der Waals surface area contributed by atoms with Gasteiger partial charge >= 0.3 is 0 Å². The van der Waals surface area contributed by atoms with E-state index in [2.05, 4.69) is 11.1 Å². The molecule has 1 amide bonds. The molecule has 1 aromatic carbocycles. The number of amides is 1. The highest BCUT2D eigenvalue weighted by atomic mass is 16.2. The van der Waals surface area contributed by atoms with E-state index < -0.39 is 0 Å². The summed E-state index contributed by atoms with van der Waals surface area (Å²) in [4.78, 5) is 32.6. The lowest BCUT2D eigenvalue weighted by molar-refractivity contribution is 0.0974. The van der Waals surface area contributed by atoms with Crippen LogP contribution in [0.5, 0.6) is 0 Å². The van der Waals surface area contributed by atoms with Crippen LogP contribution >= 0.6 is 0 Å². The Labute approximate surface area is 155 Å². The Morgan fingerprint density at radius 1 is 1.15 bits per heavy atom. The van der Waals surface area contributed by atoms with Crippen LogP contribution in [0.3, 0.4) is 0 Å². The lowest BCUT2D eigenvalue weighted by Gasteiger charge is -2.22. The van der Waals surface area contributed by atoms with E-state index in [9.17, 15) is 9.59 Å². The van der Waals surface area contributed by atoms with Gasteiger partial charge in [0.15, 0.2) is 0 Å². The average molecular weight is 358 g/mol. The number of aromatic nitrogens is 3. The average Bonchev–Trinajstić information content (AvgIpc) is 3.18. The van der Waals surface area contributed by atoms with Crippen molar-refractivity contribution < 1.29 is 4.79 Å². The van der Waals surface area contributed by atoms with E-state index >= 15 is 0 Å². The summed E-state index contributed by atoms with van der Waals surface area (Å²) in [6, 6.07) is 15.1. The number of hydrogen-bond donors (Lipinski definition) is 0. The predicted molar refractivity (Wildman–Crippen MR) is 104 cm³/mol. The molecular formula is C21H18N4O2. The van der Waals surface area contributed by atoms with E-state index in [-0.39, 0.29) is 17.5 Å². The van der Waals surface area contributed by atoms with Crippen LogP contribution in [0.1, 0.15) is 23.0 Å². The molecule has 0 saturated carbocycles. The summed E-state index contributed by atoms with van der Waals surface area (Å²) < 4.78 is 3.23. The van der Waals surface area contributed by atoms with E-state index in [1.54, 1.807) is 36.0 Å². The number of carbonyl (C=O) groups is 1. The van der Waals surface area contributed by atoms with Crippen LogP contribution in [0, 0.1) is 0 Å². The number of hydrogen-bond acceptors (Lipinski definition) is 3. The van der Waals surface area contributed by atoms with Crippen molar-refractivity contribution in [2.24, 2.45) is 7.05 Å². The van der Waals surface area contributed by atoms with Crippen molar-refractivity contribution in [3.63, 3.8) is 0 Å². The number of rotatable bonds is 1. The zero-order chi connectivity index (χ0) is 18.7. The lowest BCUT2D eigenvalue weighted by atomic mass is 10.1. The fraction of sp³-hybridized carbons (Fsp3) is 0.190. The normalized spacial score (nSPS) is 16.2. The van der Waals surface area contributed by atoms with Crippen molar-refractivity contribution in [3.05, 3.63) is 76.3 Å². The van der Waals surface area contributed by atoms with Crippen LogP contribution in [0.4, 0.5) is 5.69 Å². The summed E-state index contributed by atoms with van der Waals surface area (Å²) in [5, 5.41) is 0.449. The second-order valence-corrected chi connectivity index (χ2v) is 7.03. The second kappa shape index (κ2) is 5.54. The quantitative estimate of drug-likeness (QED) is 0.526. The van der Waals surface area contributed by atoms with Crippen molar-refractivity contribution in [1.82, 2.24) is 14.0 Å². The van der Waals surface area contributed by atoms with E-state index in [1.165, 1.54) is 9.96 Å². The van der Waals surface area contributed by atoms with Gasteiger partial charge in [0.25, 0.3) is 11.5 Å². The minimum Gasteiger partial charge on any atom is -0.324 e. The molecule has 0 N–H and O–H groups in total. The van der Waals surface area contributed by atoms with Crippen LogP contribution in [-0.2, 0) is 13.5 Å². The fourth-order valence-electron chi connectivity index (χ4n) is 4.02. The Balaban J connectivity index is 1.71. The summed E-state index contributed by atoms with van der Waals surface area (Å²) >= 11 is 0. The first kappa shape index (κ1) is 15.8. The first-order valence-corrected chi connectivity index (χ1v) is 8.94. The van der Waals surface area contributed by atoms with Crippen molar-refractivity contribution in [1.29, 1.82) is 0 Å². The second-order valence-electron chi connectivity index (χ2n) is 7.03.